The first-order valence-corrected chi connectivity index (χ1v) is 14.7. The average Bonchev–Trinajstić information content (AvgIpc) is 2.99. The van der Waals surface area contributed by atoms with Gasteiger partial charge in [0.2, 0.25) is 5.91 Å². The van der Waals surface area contributed by atoms with Gasteiger partial charge in [-0.3, -0.25) is 4.79 Å². The molecule has 0 aromatic rings. The SMILES string of the molecule is CC(=O)N[C@H]1C(O)O[C@H](CO)[C@@H](O)[C@@H]1O[C@@H]1O[C@@H](C)[C@H](O)[C@@H](O[C@@H]2O[C@@H](C)[C@H](O)[C@@H](O)[C@H]2O[C@@H]2O[C@@H](C)[C@H](O)[C@@H](O)[C@H]2O)[C@H]1O. The van der Waals surface area contributed by atoms with E-state index in [1.165, 1.54) is 20.8 Å². The molecule has 11 N–H and O–H groups in total. The van der Waals surface area contributed by atoms with E-state index in [0.717, 1.165) is 6.92 Å². The third-order valence-corrected chi connectivity index (χ3v) is 8.49. The predicted octanol–water partition coefficient (Wildman–Crippen LogP) is -6.52. The highest BCUT2D eigenvalue weighted by atomic mass is 16.8. The Morgan fingerprint density at radius 3 is 1.64 bits per heavy atom. The van der Waals surface area contributed by atoms with Gasteiger partial charge in [0.1, 0.15) is 79.3 Å². The highest BCUT2D eigenvalue weighted by Gasteiger charge is 2.54. The standard InChI is InChI=1S/C26H45NO18/c1-6-12(30)16(34)18(36)24(39-6)45-22-17(35)13(31)7(2)41-26(22)44-21-14(32)8(3)40-25(19(21)37)43-20-11(27-9(4)29)23(38)42-10(5-28)15(20)33/h6-8,10-26,28,30-38H,5H2,1-4H3,(H,27,29)/t6-,7-,8-,10+,11+,12-,13-,14-,15+,16+,17+,18+,19+,20+,21+,22+,23?,24-,25-,26-/m0/s1. The number of nitrogens with one attached hydrogen (secondary N) is 1. The topological polar surface area (TPSA) is 296 Å². The molecular weight excluding hydrogens is 614 g/mol. The van der Waals surface area contributed by atoms with Crippen LogP contribution in [0.5, 0.6) is 0 Å². The van der Waals surface area contributed by atoms with Crippen molar-refractivity contribution >= 4 is 5.91 Å². The summed E-state index contributed by atoms with van der Waals surface area (Å²) in [6.45, 7) is 4.60. The Morgan fingerprint density at radius 1 is 0.578 bits per heavy atom. The first-order valence-electron chi connectivity index (χ1n) is 14.7. The number of aliphatic hydroxyl groups is 10. The molecule has 0 aromatic heterocycles. The lowest BCUT2D eigenvalue weighted by Crippen LogP contribution is -2.68. The highest BCUT2D eigenvalue weighted by molar-refractivity contribution is 5.73. The van der Waals surface area contributed by atoms with Gasteiger partial charge in [0.15, 0.2) is 25.2 Å². The number of hydrogen-bond donors (Lipinski definition) is 11. The Hall–Kier alpha value is -1.21. The van der Waals surface area contributed by atoms with Crippen LogP contribution < -0.4 is 5.32 Å². The predicted molar refractivity (Wildman–Crippen MR) is 141 cm³/mol. The second-order valence-electron chi connectivity index (χ2n) is 11.8. The van der Waals surface area contributed by atoms with Crippen LogP contribution in [0.3, 0.4) is 0 Å². The maximum absolute atomic E-state index is 11.8. The molecule has 4 heterocycles. The number of carbonyl (C=O) groups is 1. The van der Waals surface area contributed by atoms with E-state index < -0.39 is 135 Å². The number of aliphatic hydroxyl groups excluding tert-OH is 10. The second kappa shape index (κ2) is 14.9. The van der Waals surface area contributed by atoms with E-state index in [-0.39, 0.29) is 0 Å². The van der Waals surface area contributed by atoms with Crippen molar-refractivity contribution in [2.24, 2.45) is 0 Å². The number of ether oxygens (including phenoxy) is 7. The van der Waals surface area contributed by atoms with Gasteiger partial charge in [-0.15, -0.1) is 0 Å². The summed E-state index contributed by atoms with van der Waals surface area (Å²) in [7, 11) is 0. The van der Waals surface area contributed by atoms with E-state index in [2.05, 4.69) is 5.32 Å². The fourth-order valence-corrected chi connectivity index (χ4v) is 5.75. The van der Waals surface area contributed by atoms with Gasteiger partial charge in [0.05, 0.1) is 24.9 Å². The Bertz CT molecular complexity index is 980. The van der Waals surface area contributed by atoms with Crippen molar-refractivity contribution in [3.05, 3.63) is 0 Å². The summed E-state index contributed by atoms with van der Waals surface area (Å²) in [6, 6.07) is -1.38. The molecule has 0 aromatic carbocycles. The molecule has 0 saturated carbocycles. The zero-order valence-electron chi connectivity index (χ0n) is 25.0. The molecule has 4 aliphatic heterocycles. The lowest BCUT2D eigenvalue weighted by molar-refractivity contribution is -0.389. The molecule has 4 aliphatic rings. The van der Waals surface area contributed by atoms with Crippen molar-refractivity contribution in [1.29, 1.82) is 0 Å². The molecule has 19 nitrogen and oxygen atoms in total. The van der Waals surface area contributed by atoms with Gasteiger partial charge in [0.25, 0.3) is 0 Å². The highest BCUT2D eigenvalue weighted by Crippen LogP contribution is 2.34. The summed E-state index contributed by atoms with van der Waals surface area (Å²) in [5.74, 6) is -0.625. The van der Waals surface area contributed by atoms with Crippen molar-refractivity contribution in [2.45, 2.75) is 150 Å². The molecule has 1 unspecified atom stereocenters. The average molecular weight is 660 g/mol. The zero-order chi connectivity index (χ0) is 33.5. The molecule has 0 bridgehead atoms. The summed E-state index contributed by atoms with van der Waals surface area (Å²) < 4.78 is 39.3. The third kappa shape index (κ3) is 7.60. The van der Waals surface area contributed by atoms with Crippen LogP contribution in [0, 0.1) is 0 Å². The van der Waals surface area contributed by atoms with Gasteiger partial charge >= 0.3 is 0 Å². The van der Waals surface area contributed by atoms with E-state index in [1.54, 1.807) is 0 Å². The van der Waals surface area contributed by atoms with E-state index in [1.807, 2.05) is 0 Å². The van der Waals surface area contributed by atoms with Gasteiger partial charge in [-0.2, -0.15) is 0 Å². The maximum Gasteiger partial charge on any atom is 0.217 e. The second-order valence-corrected chi connectivity index (χ2v) is 11.8. The minimum Gasteiger partial charge on any atom is -0.394 e. The van der Waals surface area contributed by atoms with Gasteiger partial charge in [-0.05, 0) is 20.8 Å². The van der Waals surface area contributed by atoms with Gasteiger partial charge in [-0.25, -0.2) is 0 Å². The minimum atomic E-state index is -1.87. The molecule has 45 heavy (non-hydrogen) atoms. The fourth-order valence-electron chi connectivity index (χ4n) is 5.75. The van der Waals surface area contributed by atoms with Crippen LogP contribution in [0.1, 0.15) is 27.7 Å². The Kier molecular flexibility index (Phi) is 12.1. The minimum absolute atomic E-state index is 0.625. The fraction of sp³-hybridized carbons (Fsp3) is 0.962. The normalized spacial score (nSPS) is 52.8. The number of rotatable bonds is 8. The van der Waals surface area contributed by atoms with Crippen LogP contribution >= 0.6 is 0 Å². The summed E-state index contributed by atoms with van der Waals surface area (Å²) in [5, 5.41) is 107. The molecular formula is C26H45NO18. The van der Waals surface area contributed by atoms with Crippen LogP contribution in [-0.2, 0) is 38.0 Å². The summed E-state index contributed by atoms with van der Waals surface area (Å²) in [5.41, 5.74) is 0. The van der Waals surface area contributed by atoms with Crippen LogP contribution in [0.15, 0.2) is 0 Å². The molecule has 0 aliphatic carbocycles. The molecule has 262 valence electrons. The van der Waals surface area contributed by atoms with Crippen LogP contribution in [-0.4, -0.2) is 186 Å². The van der Waals surface area contributed by atoms with Crippen LogP contribution in [0.4, 0.5) is 0 Å². The van der Waals surface area contributed by atoms with Crippen molar-refractivity contribution in [3.63, 3.8) is 0 Å². The lowest BCUT2D eigenvalue weighted by atomic mass is 9.95. The molecule has 4 fully saturated rings. The molecule has 0 radical (unpaired) electrons. The summed E-state index contributed by atoms with van der Waals surface area (Å²) in [4.78, 5) is 11.8. The molecule has 0 spiro atoms. The largest absolute Gasteiger partial charge is 0.394 e. The Morgan fingerprint density at radius 2 is 1.07 bits per heavy atom. The lowest BCUT2D eigenvalue weighted by Gasteiger charge is -2.49. The van der Waals surface area contributed by atoms with Crippen molar-refractivity contribution in [2.75, 3.05) is 6.61 Å². The number of amides is 1. The van der Waals surface area contributed by atoms with Crippen molar-refractivity contribution in [3.8, 4) is 0 Å². The first-order chi connectivity index (χ1) is 21.1. The Labute approximate surface area is 257 Å². The zero-order valence-corrected chi connectivity index (χ0v) is 25.0. The van der Waals surface area contributed by atoms with Gasteiger partial charge < -0.3 is 89.5 Å². The molecule has 19 heteroatoms. The summed E-state index contributed by atoms with van der Waals surface area (Å²) in [6.07, 6.45) is -29.3. The van der Waals surface area contributed by atoms with Crippen LogP contribution in [0.25, 0.3) is 0 Å². The molecule has 1 amide bonds. The van der Waals surface area contributed by atoms with Crippen molar-refractivity contribution in [1.82, 2.24) is 5.32 Å². The maximum atomic E-state index is 11.8. The van der Waals surface area contributed by atoms with E-state index in [9.17, 15) is 55.9 Å². The number of carbonyl (C=O) groups excluding carboxylic acids is 1. The van der Waals surface area contributed by atoms with E-state index >= 15 is 0 Å². The van der Waals surface area contributed by atoms with E-state index in [4.69, 9.17) is 33.2 Å². The first kappa shape index (κ1) is 36.6. The van der Waals surface area contributed by atoms with Gasteiger partial charge in [0, 0.05) is 6.92 Å². The van der Waals surface area contributed by atoms with Crippen molar-refractivity contribution < 1.29 is 89.0 Å². The monoisotopic (exact) mass is 659 g/mol. The molecule has 20 atom stereocenters. The third-order valence-electron chi connectivity index (χ3n) is 8.49. The Balaban J connectivity index is 1.56. The molecule has 4 saturated heterocycles. The van der Waals surface area contributed by atoms with Crippen LogP contribution in [0.2, 0.25) is 0 Å². The van der Waals surface area contributed by atoms with Gasteiger partial charge in [-0.1, -0.05) is 0 Å². The quantitative estimate of drug-likeness (QED) is 0.115. The molecule has 4 rings (SSSR count). The van der Waals surface area contributed by atoms with E-state index in [0.29, 0.717) is 0 Å². The number of hydrogen-bond acceptors (Lipinski definition) is 18. The smallest absolute Gasteiger partial charge is 0.217 e. The summed E-state index contributed by atoms with van der Waals surface area (Å²) >= 11 is 0.